The molecule has 1 fully saturated rings. The van der Waals surface area contributed by atoms with Crippen LogP contribution in [0.15, 0.2) is 29.2 Å². The highest BCUT2D eigenvalue weighted by Crippen LogP contribution is 2.12. The summed E-state index contributed by atoms with van der Waals surface area (Å²) < 4.78 is 26.4. The molecule has 25 heavy (non-hydrogen) atoms. The minimum Gasteiger partial charge on any atom is -0.352 e. The van der Waals surface area contributed by atoms with E-state index in [2.05, 4.69) is 27.8 Å². The predicted octanol–water partition coefficient (Wildman–Crippen LogP) is 1.06. The molecule has 0 aromatic heterocycles. The molecular formula is C18H25N3O3S. The lowest BCUT2D eigenvalue weighted by atomic mass is 10.1. The van der Waals surface area contributed by atoms with Gasteiger partial charge < -0.3 is 10.2 Å². The van der Waals surface area contributed by atoms with E-state index < -0.39 is 10.0 Å². The number of nitrogens with zero attached hydrogens (tertiary/aromatic N) is 1. The van der Waals surface area contributed by atoms with Crippen molar-refractivity contribution in [2.75, 3.05) is 32.7 Å². The third kappa shape index (κ3) is 5.85. The van der Waals surface area contributed by atoms with E-state index in [9.17, 15) is 13.2 Å². The Morgan fingerprint density at radius 3 is 2.76 bits per heavy atom. The van der Waals surface area contributed by atoms with E-state index in [1.54, 1.807) is 12.1 Å². The summed E-state index contributed by atoms with van der Waals surface area (Å²) in [4.78, 5) is 14.7. The molecule has 0 aliphatic carbocycles. The molecule has 1 saturated heterocycles. The van der Waals surface area contributed by atoms with Crippen LogP contribution in [0.1, 0.15) is 30.1 Å². The average molecular weight is 363 g/mol. The molecule has 0 saturated carbocycles. The van der Waals surface area contributed by atoms with Crippen LogP contribution >= 0.6 is 0 Å². The Morgan fingerprint density at radius 1 is 1.36 bits per heavy atom. The van der Waals surface area contributed by atoms with Crippen molar-refractivity contribution in [3.05, 3.63) is 29.8 Å². The first-order chi connectivity index (χ1) is 11.9. The summed E-state index contributed by atoms with van der Waals surface area (Å²) in [5, 5.41) is 2.88. The minimum atomic E-state index is -3.70. The number of nitrogens with one attached hydrogen (secondary N) is 2. The van der Waals surface area contributed by atoms with Gasteiger partial charge in [0.15, 0.2) is 0 Å². The SMILES string of the molecule is C#CCNS(=O)(=O)c1cccc(C(=O)NCC(C)CN2CCCC2)c1. The van der Waals surface area contributed by atoms with Crippen LogP contribution in [-0.2, 0) is 10.0 Å². The van der Waals surface area contributed by atoms with Gasteiger partial charge in [-0.25, -0.2) is 8.42 Å². The van der Waals surface area contributed by atoms with Crippen molar-refractivity contribution in [1.29, 1.82) is 0 Å². The van der Waals surface area contributed by atoms with E-state index in [1.165, 1.54) is 25.0 Å². The number of hydrogen-bond donors (Lipinski definition) is 2. The molecule has 6 nitrogen and oxygen atoms in total. The lowest BCUT2D eigenvalue weighted by Crippen LogP contribution is -2.34. The van der Waals surface area contributed by atoms with Gasteiger partial charge in [0, 0.05) is 18.7 Å². The van der Waals surface area contributed by atoms with Gasteiger partial charge in [0.2, 0.25) is 10.0 Å². The summed E-state index contributed by atoms with van der Waals surface area (Å²) in [6.45, 7) is 5.79. The van der Waals surface area contributed by atoms with Gasteiger partial charge in [-0.15, -0.1) is 6.42 Å². The average Bonchev–Trinajstić information content (AvgIpc) is 3.11. The van der Waals surface area contributed by atoms with Crippen molar-refractivity contribution in [1.82, 2.24) is 14.9 Å². The maximum Gasteiger partial charge on any atom is 0.251 e. The Labute approximate surface area is 150 Å². The van der Waals surface area contributed by atoms with Crippen LogP contribution in [0.25, 0.3) is 0 Å². The normalized spacial score (nSPS) is 16.3. The fourth-order valence-corrected chi connectivity index (χ4v) is 3.84. The first-order valence-electron chi connectivity index (χ1n) is 8.46. The first-order valence-corrected chi connectivity index (χ1v) is 9.94. The Kier molecular flexibility index (Phi) is 7.00. The van der Waals surface area contributed by atoms with Crippen molar-refractivity contribution in [3.63, 3.8) is 0 Å². The van der Waals surface area contributed by atoms with Gasteiger partial charge in [0.1, 0.15) is 0 Å². The van der Waals surface area contributed by atoms with Crippen molar-refractivity contribution < 1.29 is 13.2 Å². The zero-order chi connectivity index (χ0) is 18.3. The number of hydrogen-bond acceptors (Lipinski definition) is 4. The number of sulfonamides is 1. The van der Waals surface area contributed by atoms with Gasteiger partial charge in [-0.3, -0.25) is 4.79 Å². The van der Waals surface area contributed by atoms with Gasteiger partial charge in [-0.2, -0.15) is 4.72 Å². The van der Waals surface area contributed by atoms with E-state index in [1.807, 2.05) is 0 Å². The third-order valence-corrected chi connectivity index (χ3v) is 5.55. The Balaban J connectivity index is 1.93. The Morgan fingerprint density at radius 2 is 2.08 bits per heavy atom. The zero-order valence-corrected chi connectivity index (χ0v) is 15.3. The number of carbonyl (C=O) groups is 1. The standard InChI is InChI=1S/C18H25N3O3S/c1-3-9-20-25(23,24)17-8-6-7-16(12-17)18(22)19-13-15(2)14-21-10-4-5-11-21/h1,6-8,12,15,20H,4-5,9-11,13-14H2,2H3,(H,19,22). The summed E-state index contributed by atoms with van der Waals surface area (Å²) in [6, 6.07) is 5.94. The number of amides is 1. The van der Waals surface area contributed by atoms with Gasteiger partial charge in [-0.05, 0) is 50.0 Å². The highest BCUT2D eigenvalue weighted by molar-refractivity contribution is 7.89. The number of benzene rings is 1. The fourth-order valence-electron chi connectivity index (χ4n) is 2.86. The molecule has 136 valence electrons. The molecule has 1 amide bonds. The van der Waals surface area contributed by atoms with Crippen LogP contribution in [0.2, 0.25) is 0 Å². The summed E-state index contributed by atoms with van der Waals surface area (Å²) in [6.07, 6.45) is 7.56. The summed E-state index contributed by atoms with van der Waals surface area (Å²) in [7, 11) is -3.70. The molecule has 0 bridgehead atoms. The number of likely N-dealkylation sites (tertiary alicyclic amines) is 1. The fraction of sp³-hybridized carbons (Fsp3) is 0.500. The Hall–Kier alpha value is -1.88. The van der Waals surface area contributed by atoms with E-state index in [-0.39, 0.29) is 17.3 Å². The van der Waals surface area contributed by atoms with Crippen LogP contribution < -0.4 is 10.0 Å². The van der Waals surface area contributed by atoms with Gasteiger partial charge in [0.05, 0.1) is 11.4 Å². The van der Waals surface area contributed by atoms with Crippen LogP contribution in [-0.4, -0.2) is 51.9 Å². The second-order valence-corrected chi connectivity index (χ2v) is 8.15. The van der Waals surface area contributed by atoms with Crippen molar-refractivity contribution >= 4 is 15.9 Å². The van der Waals surface area contributed by atoms with Crippen LogP contribution in [0.5, 0.6) is 0 Å². The highest BCUT2D eigenvalue weighted by atomic mass is 32.2. The van der Waals surface area contributed by atoms with E-state index >= 15 is 0 Å². The van der Waals surface area contributed by atoms with Crippen LogP contribution in [0, 0.1) is 18.3 Å². The van der Waals surface area contributed by atoms with Crippen LogP contribution in [0.3, 0.4) is 0 Å². The molecule has 1 unspecified atom stereocenters. The molecular weight excluding hydrogens is 338 g/mol. The second-order valence-electron chi connectivity index (χ2n) is 6.38. The van der Waals surface area contributed by atoms with Crippen LogP contribution in [0.4, 0.5) is 0 Å². The summed E-state index contributed by atoms with van der Waals surface area (Å²) >= 11 is 0. The topological polar surface area (TPSA) is 78.5 Å². The number of terminal acetylenes is 1. The smallest absolute Gasteiger partial charge is 0.251 e. The van der Waals surface area contributed by atoms with Gasteiger partial charge >= 0.3 is 0 Å². The maximum absolute atomic E-state index is 12.3. The third-order valence-electron chi connectivity index (χ3n) is 4.15. The molecule has 0 radical (unpaired) electrons. The molecule has 7 heteroatoms. The minimum absolute atomic E-state index is 0.0283. The molecule has 1 aliphatic rings. The predicted molar refractivity (Wildman–Crippen MR) is 97.6 cm³/mol. The van der Waals surface area contributed by atoms with Crippen molar-refractivity contribution in [2.24, 2.45) is 5.92 Å². The van der Waals surface area contributed by atoms with Gasteiger partial charge in [-0.1, -0.05) is 18.9 Å². The molecule has 2 rings (SSSR count). The summed E-state index contributed by atoms with van der Waals surface area (Å²) in [5.41, 5.74) is 0.317. The molecule has 1 atom stereocenters. The van der Waals surface area contributed by atoms with Gasteiger partial charge in [0.25, 0.3) is 5.91 Å². The summed E-state index contributed by atoms with van der Waals surface area (Å²) in [5.74, 6) is 2.28. The lowest BCUT2D eigenvalue weighted by Gasteiger charge is -2.20. The quantitative estimate of drug-likeness (QED) is 0.677. The largest absolute Gasteiger partial charge is 0.352 e. The molecule has 1 aromatic carbocycles. The Bertz CT molecular complexity index is 734. The van der Waals surface area contributed by atoms with Crippen molar-refractivity contribution in [3.8, 4) is 12.3 Å². The van der Waals surface area contributed by atoms with Crippen molar-refractivity contribution in [2.45, 2.75) is 24.7 Å². The maximum atomic E-state index is 12.3. The highest BCUT2D eigenvalue weighted by Gasteiger charge is 2.17. The monoisotopic (exact) mass is 363 g/mol. The number of rotatable bonds is 8. The molecule has 2 N–H and O–H groups in total. The van der Waals surface area contributed by atoms with E-state index in [4.69, 9.17) is 6.42 Å². The van der Waals surface area contributed by atoms with E-state index in [0.29, 0.717) is 18.0 Å². The van der Waals surface area contributed by atoms with E-state index in [0.717, 1.165) is 19.6 Å². The molecule has 0 spiro atoms. The number of carbonyl (C=O) groups excluding carboxylic acids is 1. The lowest BCUT2D eigenvalue weighted by molar-refractivity contribution is 0.0945. The first kappa shape index (κ1) is 19.4. The zero-order valence-electron chi connectivity index (χ0n) is 14.5. The molecule has 1 aliphatic heterocycles. The molecule has 1 heterocycles. The molecule has 1 aromatic rings. The second kappa shape index (κ2) is 8.99.